The molecule has 4 nitrogen and oxygen atoms in total. The molecule has 3 aromatic rings. The molecule has 3 aromatic carbocycles. The SMILES string of the molecule is CN(Cc1ccccc1)C(=O)c1ccccc1C(=O)OCc1ccc(F)cc1. The average molecular weight is 377 g/mol. The van der Waals surface area contributed by atoms with Crippen LogP contribution in [-0.4, -0.2) is 23.8 Å². The Morgan fingerprint density at radius 3 is 2.11 bits per heavy atom. The Kier molecular flexibility index (Phi) is 6.17. The Morgan fingerprint density at radius 1 is 0.821 bits per heavy atom. The Bertz CT molecular complexity index is 955. The van der Waals surface area contributed by atoms with Crippen molar-refractivity contribution in [2.45, 2.75) is 13.2 Å². The van der Waals surface area contributed by atoms with Crippen LogP contribution in [0.15, 0.2) is 78.9 Å². The molecule has 0 aliphatic heterocycles. The summed E-state index contributed by atoms with van der Waals surface area (Å²) in [5, 5.41) is 0. The molecular weight excluding hydrogens is 357 g/mol. The van der Waals surface area contributed by atoms with Crippen LogP contribution in [0.3, 0.4) is 0 Å². The molecule has 0 bridgehead atoms. The van der Waals surface area contributed by atoms with Crippen molar-refractivity contribution in [3.05, 3.63) is 107 Å². The molecule has 0 atom stereocenters. The fourth-order valence-corrected chi connectivity index (χ4v) is 2.79. The van der Waals surface area contributed by atoms with Gasteiger partial charge in [-0.25, -0.2) is 9.18 Å². The van der Waals surface area contributed by atoms with E-state index in [1.54, 1.807) is 48.3 Å². The largest absolute Gasteiger partial charge is 0.457 e. The van der Waals surface area contributed by atoms with Gasteiger partial charge in [0, 0.05) is 13.6 Å². The minimum atomic E-state index is -0.596. The number of nitrogens with zero attached hydrogens (tertiary/aromatic N) is 1. The molecule has 0 aliphatic rings. The van der Waals surface area contributed by atoms with Gasteiger partial charge in [0.2, 0.25) is 0 Å². The van der Waals surface area contributed by atoms with E-state index in [4.69, 9.17) is 4.74 Å². The zero-order valence-corrected chi connectivity index (χ0v) is 15.5. The van der Waals surface area contributed by atoms with E-state index >= 15 is 0 Å². The molecule has 0 aromatic heterocycles. The minimum Gasteiger partial charge on any atom is -0.457 e. The molecule has 0 aliphatic carbocycles. The van der Waals surface area contributed by atoms with Gasteiger partial charge < -0.3 is 9.64 Å². The standard InChI is InChI=1S/C23H20FNO3/c1-25(15-17-7-3-2-4-8-17)22(26)20-9-5-6-10-21(20)23(27)28-16-18-11-13-19(24)14-12-18/h2-14H,15-16H2,1H3. The summed E-state index contributed by atoms with van der Waals surface area (Å²) < 4.78 is 18.3. The van der Waals surface area contributed by atoms with Crippen molar-refractivity contribution in [2.75, 3.05) is 7.05 Å². The summed E-state index contributed by atoms with van der Waals surface area (Å²) in [6.45, 7) is 0.431. The number of esters is 1. The summed E-state index contributed by atoms with van der Waals surface area (Å²) in [4.78, 5) is 26.9. The Morgan fingerprint density at radius 2 is 1.43 bits per heavy atom. The Balaban J connectivity index is 1.71. The maximum Gasteiger partial charge on any atom is 0.339 e. The molecule has 0 unspecified atom stereocenters. The van der Waals surface area contributed by atoms with Crippen LogP contribution in [0.5, 0.6) is 0 Å². The summed E-state index contributed by atoms with van der Waals surface area (Å²) >= 11 is 0. The number of hydrogen-bond donors (Lipinski definition) is 0. The number of carbonyl (C=O) groups excluding carboxylic acids is 2. The van der Waals surface area contributed by atoms with Crippen LogP contribution >= 0.6 is 0 Å². The van der Waals surface area contributed by atoms with E-state index < -0.39 is 5.97 Å². The summed E-state index contributed by atoms with van der Waals surface area (Å²) in [6, 6.07) is 21.9. The molecule has 0 N–H and O–H groups in total. The lowest BCUT2D eigenvalue weighted by molar-refractivity contribution is 0.0467. The molecule has 5 heteroatoms. The van der Waals surface area contributed by atoms with Crippen molar-refractivity contribution in [1.29, 1.82) is 0 Å². The van der Waals surface area contributed by atoms with Gasteiger partial charge >= 0.3 is 5.97 Å². The topological polar surface area (TPSA) is 46.6 Å². The lowest BCUT2D eigenvalue weighted by Crippen LogP contribution is -2.28. The average Bonchev–Trinajstić information content (AvgIpc) is 2.73. The van der Waals surface area contributed by atoms with Crippen LogP contribution in [0.25, 0.3) is 0 Å². The molecule has 0 saturated carbocycles. The second-order valence-corrected chi connectivity index (χ2v) is 6.39. The van der Waals surface area contributed by atoms with Crippen molar-refractivity contribution in [3.63, 3.8) is 0 Å². The molecular formula is C23H20FNO3. The second kappa shape index (κ2) is 8.95. The van der Waals surface area contributed by atoms with E-state index in [1.165, 1.54) is 12.1 Å². The normalized spacial score (nSPS) is 10.4. The van der Waals surface area contributed by atoms with Gasteiger partial charge in [0.05, 0.1) is 11.1 Å². The van der Waals surface area contributed by atoms with Crippen molar-refractivity contribution >= 4 is 11.9 Å². The first kappa shape index (κ1) is 19.3. The van der Waals surface area contributed by atoms with Crippen LogP contribution in [0.2, 0.25) is 0 Å². The predicted octanol–water partition coefficient (Wildman–Crippen LogP) is 4.45. The maximum atomic E-state index is 13.0. The van der Waals surface area contributed by atoms with E-state index in [-0.39, 0.29) is 29.5 Å². The minimum absolute atomic E-state index is 0.00148. The zero-order valence-electron chi connectivity index (χ0n) is 15.5. The van der Waals surface area contributed by atoms with Gasteiger partial charge in [-0.3, -0.25) is 4.79 Å². The molecule has 0 spiro atoms. The number of amides is 1. The van der Waals surface area contributed by atoms with Crippen molar-refractivity contribution in [2.24, 2.45) is 0 Å². The zero-order chi connectivity index (χ0) is 19.9. The van der Waals surface area contributed by atoms with Crippen LogP contribution < -0.4 is 0 Å². The number of rotatable bonds is 6. The lowest BCUT2D eigenvalue weighted by atomic mass is 10.1. The lowest BCUT2D eigenvalue weighted by Gasteiger charge is -2.19. The highest BCUT2D eigenvalue weighted by Crippen LogP contribution is 2.15. The summed E-state index contributed by atoms with van der Waals surface area (Å²) in [6.07, 6.45) is 0. The number of hydrogen-bond acceptors (Lipinski definition) is 3. The molecule has 0 saturated heterocycles. The molecule has 1 amide bonds. The summed E-state index contributed by atoms with van der Waals surface area (Å²) in [5.74, 6) is -1.22. The van der Waals surface area contributed by atoms with Crippen LogP contribution in [0.1, 0.15) is 31.8 Å². The number of ether oxygens (including phenoxy) is 1. The first-order chi connectivity index (χ1) is 13.5. The highest BCUT2D eigenvalue weighted by Gasteiger charge is 2.20. The smallest absolute Gasteiger partial charge is 0.339 e. The van der Waals surface area contributed by atoms with Crippen molar-refractivity contribution in [1.82, 2.24) is 4.90 Å². The highest BCUT2D eigenvalue weighted by molar-refractivity contribution is 6.05. The summed E-state index contributed by atoms with van der Waals surface area (Å²) in [7, 11) is 1.69. The van der Waals surface area contributed by atoms with Crippen LogP contribution in [0.4, 0.5) is 4.39 Å². The van der Waals surface area contributed by atoms with Crippen LogP contribution in [-0.2, 0) is 17.9 Å². The number of carbonyl (C=O) groups is 2. The second-order valence-electron chi connectivity index (χ2n) is 6.39. The van der Waals surface area contributed by atoms with Crippen molar-refractivity contribution in [3.8, 4) is 0 Å². The first-order valence-electron chi connectivity index (χ1n) is 8.84. The van der Waals surface area contributed by atoms with Gasteiger partial charge in [0.15, 0.2) is 0 Å². The van der Waals surface area contributed by atoms with E-state index in [0.717, 1.165) is 5.56 Å². The van der Waals surface area contributed by atoms with Gasteiger partial charge in [-0.2, -0.15) is 0 Å². The van der Waals surface area contributed by atoms with Gasteiger partial charge in [-0.1, -0.05) is 54.6 Å². The molecule has 28 heavy (non-hydrogen) atoms. The fraction of sp³-hybridized carbons (Fsp3) is 0.130. The van der Waals surface area contributed by atoms with E-state index in [9.17, 15) is 14.0 Å². The third kappa shape index (κ3) is 4.82. The molecule has 0 fully saturated rings. The fourth-order valence-electron chi connectivity index (χ4n) is 2.79. The molecule has 0 heterocycles. The number of benzene rings is 3. The monoisotopic (exact) mass is 377 g/mol. The van der Waals surface area contributed by atoms with Gasteiger partial charge in [0.25, 0.3) is 5.91 Å². The van der Waals surface area contributed by atoms with E-state index in [2.05, 4.69) is 0 Å². The first-order valence-corrected chi connectivity index (χ1v) is 8.84. The third-order valence-corrected chi connectivity index (χ3v) is 4.27. The molecule has 0 radical (unpaired) electrons. The maximum absolute atomic E-state index is 13.0. The quantitative estimate of drug-likeness (QED) is 0.596. The van der Waals surface area contributed by atoms with E-state index in [1.807, 2.05) is 30.3 Å². The molecule has 3 rings (SSSR count). The Hall–Kier alpha value is -3.47. The Labute approximate surface area is 163 Å². The highest BCUT2D eigenvalue weighted by atomic mass is 19.1. The van der Waals surface area contributed by atoms with Gasteiger partial charge in [-0.05, 0) is 35.4 Å². The molecule has 142 valence electrons. The predicted molar refractivity (Wildman–Crippen MR) is 104 cm³/mol. The van der Waals surface area contributed by atoms with Crippen LogP contribution in [0, 0.1) is 5.82 Å². The van der Waals surface area contributed by atoms with E-state index in [0.29, 0.717) is 12.1 Å². The summed E-state index contributed by atoms with van der Waals surface area (Å²) in [5.41, 5.74) is 2.15. The van der Waals surface area contributed by atoms with Gasteiger partial charge in [0.1, 0.15) is 12.4 Å². The van der Waals surface area contributed by atoms with Gasteiger partial charge in [-0.15, -0.1) is 0 Å². The third-order valence-electron chi connectivity index (χ3n) is 4.27. The number of halogens is 1. The van der Waals surface area contributed by atoms with Crippen molar-refractivity contribution < 1.29 is 18.7 Å².